The molecule has 2 N–H and O–H groups in total. The van der Waals surface area contributed by atoms with Gasteiger partial charge < -0.3 is 10.6 Å². The quantitative estimate of drug-likeness (QED) is 0.810. The van der Waals surface area contributed by atoms with Gasteiger partial charge in [-0.3, -0.25) is 4.79 Å². The number of hydrogen-bond donors (Lipinski definition) is 2. The molecule has 2 aromatic rings. The van der Waals surface area contributed by atoms with Crippen LogP contribution in [0.3, 0.4) is 0 Å². The van der Waals surface area contributed by atoms with Gasteiger partial charge in [-0.2, -0.15) is 13.2 Å². The highest BCUT2D eigenvalue weighted by Crippen LogP contribution is 2.29. The fourth-order valence-corrected chi connectivity index (χ4v) is 2.22. The monoisotopic (exact) mass is 350 g/mol. The number of halogens is 3. The van der Waals surface area contributed by atoms with Crippen LogP contribution in [0, 0.1) is 0 Å². The molecule has 0 bridgehead atoms. The summed E-state index contributed by atoms with van der Waals surface area (Å²) in [6.07, 6.45) is -4.39. The lowest BCUT2D eigenvalue weighted by Crippen LogP contribution is -2.22. The minimum absolute atomic E-state index is 0.0237. The molecule has 0 fully saturated rings. The molecule has 0 heterocycles. The Kier molecular flexibility index (Phi) is 5.40. The van der Waals surface area contributed by atoms with Crippen molar-refractivity contribution in [2.45, 2.75) is 32.4 Å². The third kappa shape index (κ3) is 5.52. The van der Waals surface area contributed by atoms with Crippen LogP contribution in [0.1, 0.15) is 31.9 Å². The van der Waals surface area contributed by atoms with E-state index in [-0.39, 0.29) is 17.9 Å². The Bertz CT molecular complexity index is 714. The predicted molar refractivity (Wildman–Crippen MR) is 93.7 cm³/mol. The van der Waals surface area contributed by atoms with Gasteiger partial charge in [-0.15, -0.1) is 0 Å². The largest absolute Gasteiger partial charge is 0.416 e. The predicted octanol–water partition coefficient (Wildman–Crippen LogP) is 5.05. The molecule has 6 heteroatoms. The molecule has 0 unspecified atom stereocenters. The van der Waals surface area contributed by atoms with E-state index in [2.05, 4.69) is 31.4 Å². The van der Waals surface area contributed by atoms with Crippen LogP contribution in [0.4, 0.5) is 24.5 Å². The lowest BCUT2D eigenvalue weighted by atomic mass is 9.87. The highest BCUT2D eigenvalue weighted by atomic mass is 19.4. The number of carbonyl (C=O) groups is 1. The van der Waals surface area contributed by atoms with E-state index in [9.17, 15) is 18.0 Å². The Morgan fingerprint density at radius 1 is 0.840 bits per heavy atom. The molecule has 0 radical (unpaired) electrons. The number of amides is 1. The molecule has 0 atom stereocenters. The molecule has 1 amide bonds. The van der Waals surface area contributed by atoms with Crippen LogP contribution in [0.25, 0.3) is 0 Å². The maximum Gasteiger partial charge on any atom is 0.416 e. The normalized spacial score (nSPS) is 11.9. The number of hydrogen-bond acceptors (Lipinski definition) is 2. The summed E-state index contributed by atoms with van der Waals surface area (Å²) in [5, 5.41) is 5.54. The molecule has 0 aliphatic rings. The fourth-order valence-electron chi connectivity index (χ4n) is 2.22. The van der Waals surface area contributed by atoms with E-state index in [1.165, 1.54) is 17.7 Å². The SMILES string of the molecule is CC(C)(C)c1ccc(NCC(=O)Nc2ccc(C(F)(F)F)cc2)cc1. The van der Waals surface area contributed by atoms with Crippen LogP contribution >= 0.6 is 0 Å². The van der Waals surface area contributed by atoms with Crippen molar-refractivity contribution >= 4 is 17.3 Å². The first kappa shape index (κ1) is 18.8. The zero-order valence-corrected chi connectivity index (χ0v) is 14.4. The molecule has 0 aliphatic heterocycles. The van der Waals surface area contributed by atoms with Crippen molar-refractivity contribution in [1.82, 2.24) is 0 Å². The molecule has 0 aromatic heterocycles. The third-order valence-electron chi connectivity index (χ3n) is 3.70. The molecule has 0 spiro atoms. The molecular weight excluding hydrogens is 329 g/mol. The molecule has 3 nitrogen and oxygen atoms in total. The summed E-state index contributed by atoms with van der Waals surface area (Å²) in [6, 6.07) is 12.1. The number of benzene rings is 2. The zero-order chi connectivity index (χ0) is 18.7. The Labute approximate surface area is 145 Å². The highest BCUT2D eigenvalue weighted by Gasteiger charge is 2.29. The Balaban J connectivity index is 1.88. The van der Waals surface area contributed by atoms with E-state index >= 15 is 0 Å². The van der Waals surface area contributed by atoms with Gasteiger partial charge >= 0.3 is 6.18 Å². The van der Waals surface area contributed by atoms with Crippen LogP contribution in [-0.4, -0.2) is 12.5 Å². The maximum absolute atomic E-state index is 12.5. The van der Waals surface area contributed by atoms with Crippen LogP contribution in [0.5, 0.6) is 0 Å². The lowest BCUT2D eigenvalue weighted by molar-refractivity contribution is -0.137. The summed E-state index contributed by atoms with van der Waals surface area (Å²) in [5.74, 6) is -0.334. The lowest BCUT2D eigenvalue weighted by Gasteiger charge is -2.19. The minimum Gasteiger partial charge on any atom is -0.376 e. The average molecular weight is 350 g/mol. The number of nitrogens with one attached hydrogen (secondary N) is 2. The van der Waals surface area contributed by atoms with Gasteiger partial charge in [0, 0.05) is 11.4 Å². The van der Waals surface area contributed by atoms with E-state index in [0.29, 0.717) is 5.69 Å². The van der Waals surface area contributed by atoms with Gasteiger partial charge in [-0.25, -0.2) is 0 Å². The van der Waals surface area contributed by atoms with Crippen molar-refractivity contribution in [3.63, 3.8) is 0 Å². The summed E-state index contributed by atoms with van der Waals surface area (Å²) in [6.45, 7) is 6.38. The molecule has 134 valence electrons. The van der Waals surface area contributed by atoms with Gasteiger partial charge in [-0.1, -0.05) is 32.9 Å². The average Bonchev–Trinajstić information content (AvgIpc) is 2.52. The van der Waals surface area contributed by atoms with E-state index in [1.54, 1.807) is 0 Å². The van der Waals surface area contributed by atoms with E-state index < -0.39 is 11.7 Å². The summed E-state index contributed by atoms with van der Waals surface area (Å²) < 4.78 is 37.5. The Morgan fingerprint density at radius 3 is 1.80 bits per heavy atom. The minimum atomic E-state index is -4.39. The zero-order valence-electron chi connectivity index (χ0n) is 14.4. The fraction of sp³-hybridized carbons (Fsp3) is 0.316. The molecule has 2 rings (SSSR count). The summed E-state index contributed by atoms with van der Waals surface area (Å²) in [5.41, 5.74) is 1.62. The van der Waals surface area contributed by atoms with E-state index in [0.717, 1.165) is 17.8 Å². The number of anilines is 2. The van der Waals surface area contributed by atoms with E-state index in [1.807, 2.05) is 24.3 Å². The van der Waals surface area contributed by atoms with Crippen LogP contribution in [0.2, 0.25) is 0 Å². The van der Waals surface area contributed by atoms with Crippen molar-refractivity contribution in [3.8, 4) is 0 Å². The van der Waals surface area contributed by atoms with Crippen molar-refractivity contribution in [3.05, 3.63) is 59.7 Å². The first-order valence-electron chi connectivity index (χ1n) is 7.87. The molecule has 25 heavy (non-hydrogen) atoms. The Morgan fingerprint density at radius 2 is 1.32 bits per heavy atom. The van der Waals surface area contributed by atoms with Gasteiger partial charge in [0.25, 0.3) is 0 Å². The molecule has 2 aromatic carbocycles. The summed E-state index contributed by atoms with van der Waals surface area (Å²) in [4.78, 5) is 11.9. The van der Waals surface area contributed by atoms with Crippen LogP contribution in [-0.2, 0) is 16.4 Å². The number of rotatable bonds is 4. The number of alkyl halides is 3. The second-order valence-electron chi connectivity index (χ2n) is 6.80. The highest BCUT2D eigenvalue weighted by molar-refractivity contribution is 5.93. The molecule has 0 aliphatic carbocycles. The maximum atomic E-state index is 12.5. The third-order valence-corrected chi connectivity index (χ3v) is 3.70. The van der Waals surface area contributed by atoms with Gasteiger partial charge in [0.05, 0.1) is 12.1 Å². The van der Waals surface area contributed by atoms with Crippen molar-refractivity contribution in [1.29, 1.82) is 0 Å². The first-order valence-corrected chi connectivity index (χ1v) is 7.87. The van der Waals surface area contributed by atoms with Crippen LogP contribution in [0.15, 0.2) is 48.5 Å². The molecule has 0 saturated heterocycles. The smallest absolute Gasteiger partial charge is 0.376 e. The van der Waals surface area contributed by atoms with Gasteiger partial charge in [0.2, 0.25) is 5.91 Å². The van der Waals surface area contributed by atoms with Crippen molar-refractivity contribution in [2.75, 3.05) is 17.2 Å². The Hall–Kier alpha value is -2.50. The molecular formula is C19H21F3N2O. The summed E-state index contributed by atoms with van der Waals surface area (Å²) in [7, 11) is 0. The van der Waals surface area contributed by atoms with Crippen molar-refractivity contribution < 1.29 is 18.0 Å². The standard InChI is InChI=1S/C19H21F3N2O/c1-18(2,3)13-4-8-15(9-5-13)23-12-17(25)24-16-10-6-14(7-11-16)19(20,21)22/h4-11,23H,12H2,1-3H3,(H,24,25). The van der Waals surface area contributed by atoms with Gasteiger partial charge in [0.1, 0.15) is 0 Å². The topological polar surface area (TPSA) is 41.1 Å². The van der Waals surface area contributed by atoms with Crippen molar-refractivity contribution in [2.24, 2.45) is 0 Å². The van der Waals surface area contributed by atoms with Crippen LogP contribution < -0.4 is 10.6 Å². The molecule has 0 saturated carbocycles. The van der Waals surface area contributed by atoms with E-state index in [4.69, 9.17) is 0 Å². The second kappa shape index (κ2) is 7.17. The van der Waals surface area contributed by atoms with Gasteiger partial charge in [-0.05, 0) is 47.4 Å². The second-order valence-corrected chi connectivity index (χ2v) is 6.80. The summed E-state index contributed by atoms with van der Waals surface area (Å²) >= 11 is 0. The van der Waals surface area contributed by atoms with Gasteiger partial charge in [0.15, 0.2) is 0 Å². The number of carbonyl (C=O) groups excluding carboxylic acids is 1. The first-order chi connectivity index (χ1) is 11.6.